The lowest BCUT2D eigenvalue weighted by molar-refractivity contribution is -0.0605. The van der Waals surface area contributed by atoms with Gasteiger partial charge in [0.25, 0.3) is 5.91 Å². The highest BCUT2D eigenvalue weighted by atomic mass is 19.2. The summed E-state index contributed by atoms with van der Waals surface area (Å²) < 4.78 is 57.3. The number of rotatable bonds is 3. The van der Waals surface area contributed by atoms with E-state index in [1.807, 2.05) is 0 Å². The summed E-state index contributed by atoms with van der Waals surface area (Å²) in [5, 5.41) is 12.3. The highest BCUT2D eigenvalue weighted by molar-refractivity contribution is 5.94. The first-order valence-corrected chi connectivity index (χ1v) is 6.25. The number of nitrogens with one attached hydrogen (secondary N) is 1. The highest BCUT2D eigenvalue weighted by Crippen LogP contribution is 2.21. The van der Waals surface area contributed by atoms with Crippen LogP contribution in [0.25, 0.3) is 0 Å². The molecule has 0 radical (unpaired) electrons. The second kappa shape index (κ2) is 5.98. The zero-order valence-corrected chi connectivity index (χ0v) is 10.9. The molecule has 1 saturated heterocycles. The van der Waals surface area contributed by atoms with Gasteiger partial charge in [-0.05, 0) is 6.07 Å². The molecule has 21 heavy (non-hydrogen) atoms. The minimum atomic E-state index is -2.05. The second-order valence-corrected chi connectivity index (χ2v) is 4.87. The topological polar surface area (TPSA) is 58.6 Å². The smallest absolute Gasteiger partial charge is 0.254 e. The van der Waals surface area contributed by atoms with Gasteiger partial charge in [-0.1, -0.05) is 0 Å². The van der Waals surface area contributed by atoms with Crippen molar-refractivity contribution in [1.29, 1.82) is 0 Å². The Morgan fingerprint density at radius 1 is 1.19 bits per heavy atom. The van der Waals surface area contributed by atoms with Crippen LogP contribution in [0.5, 0.6) is 0 Å². The number of aliphatic hydroxyl groups is 1. The Kier molecular flexibility index (Phi) is 4.48. The molecule has 0 unspecified atom stereocenters. The van der Waals surface area contributed by atoms with Gasteiger partial charge in [-0.2, -0.15) is 0 Å². The average Bonchev–Trinajstić information content (AvgIpc) is 2.47. The number of benzene rings is 1. The van der Waals surface area contributed by atoms with Crippen molar-refractivity contribution in [3.63, 3.8) is 0 Å². The van der Waals surface area contributed by atoms with Gasteiger partial charge in [0, 0.05) is 32.6 Å². The first-order chi connectivity index (χ1) is 9.84. The summed E-state index contributed by atoms with van der Waals surface area (Å²) in [5.41, 5.74) is -2.18. The fourth-order valence-electron chi connectivity index (χ4n) is 2.01. The van der Waals surface area contributed by atoms with Crippen molar-refractivity contribution in [2.24, 2.45) is 0 Å². The van der Waals surface area contributed by atoms with E-state index >= 15 is 0 Å². The molecule has 0 atom stereocenters. The molecule has 0 saturated carbocycles. The third-order valence-electron chi connectivity index (χ3n) is 3.35. The Morgan fingerprint density at radius 3 is 2.43 bits per heavy atom. The molecule has 2 rings (SSSR count). The Morgan fingerprint density at radius 2 is 1.81 bits per heavy atom. The summed E-state index contributed by atoms with van der Waals surface area (Å²) in [5.74, 6) is -8.60. The average molecular weight is 307 g/mol. The zero-order valence-electron chi connectivity index (χ0n) is 10.9. The normalized spacial score (nSPS) is 17.6. The molecule has 0 aliphatic carbocycles. The first-order valence-electron chi connectivity index (χ1n) is 6.25. The number of carbonyl (C=O) groups is 1. The van der Waals surface area contributed by atoms with Crippen LogP contribution in [0.2, 0.25) is 0 Å². The van der Waals surface area contributed by atoms with Crippen LogP contribution in [-0.2, 0) is 4.74 Å². The highest BCUT2D eigenvalue weighted by Gasteiger charge is 2.31. The second-order valence-electron chi connectivity index (χ2n) is 4.87. The van der Waals surface area contributed by atoms with Crippen molar-refractivity contribution < 1.29 is 32.2 Å². The number of hydrogen-bond acceptors (Lipinski definition) is 3. The Labute approximate surface area is 117 Å². The molecule has 1 aromatic rings. The molecule has 1 amide bonds. The van der Waals surface area contributed by atoms with Gasteiger partial charge in [0.05, 0.1) is 11.2 Å². The Bertz CT molecular complexity index is 559. The summed E-state index contributed by atoms with van der Waals surface area (Å²) in [4.78, 5) is 11.7. The predicted molar refractivity (Wildman–Crippen MR) is 63.6 cm³/mol. The van der Waals surface area contributed by atoms with E-state index in [-0.39, 0.29) is 25.5 Å². The van der Waals surface area contributed by atoms with Gasteiger partial charge in [0.2, 0.25) is 0 Å². The van der Waals surface area contributed by atoms with Crippen LogP contribution in [0.15, 0.2) is 6.07 Å². The van der Waals surface area contributed by atoms with Gasteiger partial charge >= 0.3 is 0 Å². The minimum absolute atomic E-state index is 0.227. The van der Waals surface area contributed by atoms with E-state index in [1.165, 1.54) is 0 Å². The largest absolute Gasteiger partial charge is 0.388 e. The minimum Gasteiger partial charge on any atom is -0.388 e. The number of ether oxygens (including phenoxy) is 1. The summed E-state index contributed by atoms with van der Waals surface area (Å²) in [7, 11) is 0. The molecular weight excluding hydrogens is 294 g/mol. The molecule has 0 spiro atoms. The van der Waals surface area contributed by atoms with Crippen molar-refractivity contribution >= 4 is 5.91 Å². The Balaban J connectivity index is 2.10. The fourth-order valence-corrected chi connectivity index (χ4v) is 2.01. The molecular formula is C13H13F4NO3. The lowest BCUT2D eigenvalue weighted by Gasteiger charge is -2.32. The molecule has 2 N–H and O–H groups in total. The predicted octanol–water partition coefficient (Wildman–Crippen LogP) is 1.51. The van der Waals surface area contributed by atoms with Gasteiger partial charge in [0.15, 0.2) is 23.3 Å². The van der Waals surface area contributed by atoms with E-state index in [1.54, 1.807) is 0 Å². The summed E-state index contributed by atoms with van der Waals surface area (Å²) in [6.45, 7) is 0.385. The van der Waals surface area contributed by atoms with E-state index in [4.69, 9.17) is 4.74 Å². The maximum absolute atomic E-state index is 13.4. The van der Waals surface area contributed by atoms with Crippen molar-refractivity contribution in [2.45, 2.75) is 18.4 Å². The van der Waals surface area contributed by atoms with Crippen molar-refractivity contribution in [2.75, 3.05) is 19.8 Å². The summed E-state index contributed by atoms with van der Waals surface area (Å²) in [6.07, 6.45) is 0.532. The van der Waals surface area contributed by atoms with Crippen LogP contribution in [-0.4, -0.2) is 36.4 Å². The molecule has 1 aliphatic rings. The molecule has 1 heterocycles. The van der Waals surface area contributed by atoms with E-state index in [2.05, 4.69) is 5.32 Å². The molecule has 1 fully saturated rings. The van der Waals surface area contributed by atoms with Crippen LogP contribution in [0.4, 0.5) is 17.6 Å². The quantitative estimate of drug-likeness (QED) is 0.506. The third kappa shape index (κ3) is 3.33. The molecule has 0 aromatic heterocycles. The van der Waals surface area contributed by atoms with E-state index in [9.17, 15) is 27.5 Å². The zero-order chi connectivity index (χ0) is 15.6. The standard InChI is InChI=1S/C13H13F4NO3/c14-8-5-7(9(15)11(17)10(8)16)12(19)18-6-13(20)1-3-21-4-2-13/h5,20H,1-4,6H2,(H,18,19). The van der Waals surface area contributed by atoms with Gasteiger partial charge < -0.3 is 15.2 Å². The molecule has 0 bridgehead atoms. The van der Waals surface area contributed by atoms with Gasteiger partial charge in [-0.15, -0.1) is 0 Å². The molecule has 4 nitrogen and oxygen atoms in total. The van der Waals surface area contributed by atoms with Gasteiger partial charge in [-0.25, -0.2) is 17.6 Å². The number of halogens is 4. The van der Waals surface area contributed by atoms with Crippen LogP contribution < -0.4 is 5.32 Å². The SMILES string of the molecule is O=C(NCC1(O)CCOCC1)c1cc(F)c(F)c(F)c1F. The maximum atomic E-state index is 13.4. The third-order valence-corrected chi connectivity index (χ3v) is 3.35. The lowest BCUT2D eigenvalue weighted by atomic mass is 9.94. The van der Waals surface area contributed by atoms with E-state index in [0.717, 1.165) is 0 Å². The summed E-state index contributed by atoms with van der Waals surface area (Å²) >= 11 is 0. The maximum Gasteiger partial charge on any atom is 0.254 e. The first kappa shape index (κ1) is 15.7. The number of hydrogen-bond donors (Lipinski definition) is 2. The fraction of sp³-hybridized carbons (Fsp3) is 0.462. The van der Waals surface area contributed by atoms with Crippen LogP contribution in [0.3, 0.4) is 0 Å². The summed E-state index contributed by atoms with van der Waals surface area (Å²) in [6, 6.07) is 0.275. The van der Waals surface area contributed by atoms with Crippen LogP contribution >= 0.6 is 0 Å². The monoisotopic (exact) mass is 307 g/mol. The van der Waals surface area contributed by atoms with Crippen molar-refractivity contribution in [3.8, 4) is 0 Å². The number of amides is 1. The van der Waals surface area contributed by atoms with Gasteiger partial charge in [0.1, 0.15) is 0 Å². The van der Waals surface area contributed by atoms with Crippen molar-refractivity contribution in [3.05, 3.63) is 34.9 Å². The van der Waals surface area contributed by atoms with E-state index < -0.39 is 40.3 Å². The Hall–Kier alpha value is -1.67. The van der Waals surface area contributed by atoms with Crippen molar-refractivity contribution in [1.82, 2.24) is 5.32 Å². The molecule has 116 valence electrons. The van der Waals surface area contributed by atoms with Gasteiger partial charge in [-0.3, -0.25) is 4.79 Å². The van der Waals surface area contributed by atoms with Crippen LogP contribution in [0, 0.1) is 23.3 Å². The molecule has 8 heteroatoms. The number of carbonyl (C=O) groups excluding carboxylic acids is 1. The lowest BCUT2D eigenvalue weighted by Crippen LogP contribution is -2.46. The van der Waals surface area contributed by atoms with Crippen LogP contribution in [0.1, 0.15) is 23.2 Å². The van der Waals surface area contributed by atoms with E-state index in [0.29, 0.717) is 13.2 Å². The molecule has 1 aromatic carbocycles. The molecule has 1 aliphatic heterocycles.